The van der Waals surface area contributed by atoms with Gasteiger partial charge < -0.3 is 15.1 Å². The number of amides is 1. The lowest BCUT2D eigenvalue weighted by Crippen LogP contribution is -2.33. The number of anilines is 1. The lowest BCUT2D eigenvalue weighted by molar-refractivity contribution is 0.0782. The largest absolute Gasteiger partial charge is 0.356 e. The normalized spacial score (nSPS) is 25.7. The Kier molecular flexibility index (Phi) is 6.12. The third-order valence-corrected chi connectivity index (χ3v) is 5.10. The van der Waals surface area contributed by atoms with Crippen LogP contribution in [0.15, 0.2) is 18.3 Å². The van der Waals surface area contributed by atoms with Gasteiger partial charge in [0.15, 0.2) is 0 Å². The minimum Gasteiger partial charge on any atom is -0.356 e. The molecule has 1 N–H and O–H groups in total. The molecular weight excluding hydrogens is 335 g/mol. The molecule has 0 spiro atoms. The first kappa shape index (κ1) is 18.3. The van der Waals surface area contributed by atoms with Crippen molar-refractivity contribution in [3.63, 3.8) is 0 Å². The topological polar surface area (TPSA) is 48.5 Å². The molecule has 0 bridgehead atoms. The van der Waals surface area contributed by atoms with Gasteiger partial charge in [-0.05, 0) is 36.8 Å². The molecular formula is C16H24Cl2N4O. The van der Waals surface area contributed by atoms with Gasteiger partial charge >= 0.3 is 0 Å². The van der Waals surface area contributed by atoms with Crippen molar-refractivity contribution in [1.82, 2.24) is 15.2 Å². The van der Waals surface area contributed by atoms with Crippen molar-refractivity contribution in [2.75, 3.05) is 44.2 Å². The Morgan fingerprint density at radius 3 is 2.43 bits per heavy atom. The van der Waals surface area contributed by atoms with Gasteiger partial charge in [0, 0.05) is 45.5 Å². The van der Waals surface area contributed by atoms with Crippen molar-refractivity contribution in [2.24, 2.45) is 11.8 Å². The molecule has 0 unspecified atom stereocenters. The fourth-order valence-corrected chi connectivity index (χ4v) is 3.94. The molecule has 0 saturated carbocycles. The van der Waals surface area contributed by atoms with Crippen molar-refractivity contribution in [3.8, 4) is 0 Å². The second-order valence-corrected chi connectivity index (χ2v) is 6.46. The van der Waals surface area contributed by atoms with Crippen LogP contribution in [0, 0.1) is 11.8 Å². The van der Waals surface area contributed by atoms with Gasteiger partial charge in [-0.15, -0.1) is 24.8 Å². The number of fused-ring (bicyclic) bond motifs is 1. The van der Waals surface area contributed by atoms with Crippen LogP contribution in [-0.2, 0) is 0 Å². The van der Waals surface area contributed by atoms with Gasteiger partial charge in [-0.25, -0.2) is 4.98 Å². The highest BCUT2D eigenvalue weighted by molar-refractivity contribution is 5.99. The van der Waals surface area contributed by atoms with E-state index in [0.29, 0.717) is 11.8 Å². The summed E-state index contributed by atoms with van der Waals surface area (Å²) in [7, 11) is 0. The van der Waals surface area contributed by atoms with E-state index in [-0.39, 0.29) is 30.7 Å². The summed E-state index contributed by atoms with van der Waals surface area (Å²) in [6.45, 7) is 5.94. The third kappa shape index (κ3) is 3.42. The van der Waals surface area contributed by atoms with Crippen LogP contribution in [0.5, 0.6) is 0 Å². The van der Waals surface area contributed by atoms with Crippen LogP contribution in [0.25, 0.3) is 0 Å². The molecule has 7 heteroatoms. The van der Waals surface area contributed by atoms with E-state index in [4.69, 9.17) is 0 Å². The Hall–Kier alpha value is -1.04. The number of hydrogen-bond acceptors (Lipinski definition) is 4. The molecule has 0 radical (unpaired) electrons. The highest BCUT2D eigenvalue weighted by Crippen LogP contribution is 2.29. The summed E-state index contributed by atoms with van der Waals surface area (Å²) >= 11 is 0. The monoisotopic (exact) mass is 358 g/mol. The van der Waals surface area contributed by atoms with E-state index in [2.05, 4.69) is 15.2 Å². The molecule has 0 aromatic carbocycles. The average Bonchev–Trinajstić information content (AvgIpc) is 3.22. The zero-order chi connectivity index (χ0) is 14.2. The average molecular weight is 359 g/mol. The number of likely N-dealkylation sites (tertiary alicyclic amines) is 1. The first-order chi connectivity index (χ1) is 10.3. The van der Waals surface area contributed by atoms with Gasteiger partial charge in [0.2, 0.25) is 0 Å². The second kappa shape index (κ2) is 7.69. The molecule has 128 valence electrons. The van der Waals surface area contributed by atoms with Crippen LogP contribution >= 0.6 is 24.8 Å². The van der Waals surface area contributed by atoms with Gasteiger partial charge in [-0.1, -0.05) is 0 Å². The smallest absolute Gasteiger partial charge is 0.257 e. The SMILES string of the molecule is Cl.Cl.O=C(c1cccnc1N1CCCC1)N1C[C@H]2CNC[C@H]2C1. The molecule has 3 fully saturated rings. The van der Waals surface area contributed by atoms with Crippen molar-refractivity contribution >= 4 is 36.5 Å². The first-order valence-corrected chi connectivity index (χ1v) is 8.03. The van der Waals surface area contributed by atoms with E-state index in [9.17, 15) is 4.79 Å². The van der Waals surface area contributed by atoms with E-state index in [1.165, 1.54) is 12.8 Å². The van der Waals surface area contributed by atoms with E-state index >= 15 is 0 Å². The fraction of sp³-hybridized carbons (Fsp3) is 0.625. The highest BCUT2D eigenvalue weighted by atomic mass is 35.5. The number of carbonyl (C=O) groups excluding carboxylic acids is 1. The number of carbonyl (C=O) groups is 1. The minimum absolute atomic E-state index is 0. The van der Waals surface area contributed by atoms with Crippen molar-refractivity contribution in [2.45, 2.75) is 12.8 Å². The summed E-state index contributed by atoms with van der Waals surface area (Å²) in [5, 5.41) is 3.42. The van der Waals surface area contributed by atoms with Crippen LogP contribution in [0.1, 0.15) is 23.2 Å². The molecule has 3 aliphatic rings. The molecule has 1 aromatic heterocycles. The number of nitrogens with zero attached hydrogens (tertiary/aromatic N) is 3. The van der Waals surface area contributed by atoms with Gasteiger partial charge in [-0.3, -0.25) is 4.79 Å². The summed E-state index contributed by atoms with van der Waals surface area (Å²) in [4.78, 5) is 21.7. The van der Waals surface area contributed by atoms with Gasteiger partial charge in [0.05, 0.1) is 5.56 Å². The molecule has 23 heavy (non-hydrogen) atoms. The maximum absolute atomic E-state index is 12.9. The van der Waals surface area contributed by atoms with Crippen molar-refractivity contribution in [1.29, 1.82) is 0 Å². The number of pyridine rings is 1. The zero-order valence-corrected chi connectivity index (χ0v) is 14.7. The number of aromatic nitrogens is 1. The van der Waals surface area contributed by atoms with Crippen molar-refractivity contribution in [3.05, 3.63) is 23.9 Å². The Bertz CT molecular complexity index is 539. The van der Waals surface area contributed by atoms with Crippen LogP contribution in [0.3, 0.4) is 0 Å². The second-order valence-electron chi connectivity index (χ2n) is 6.46. The van der Waals surface area contributed by atoms with Gasteiger partial charge in [0.1, 0.15) is 5.82 Å². The number of rotatable bonds is 2. The fourth-order valence-electron chi connectivity index (χ4n) is 3.94. The molecule has 1 amide bonds. The van der Waals surface area contributed by atoms with E-state index in [1.807, 2.05) is 17.0 Å². The quantitative estimate of drug-likeness (QED) is 0.875. The molecule has 3 saturated heterocycles. The molecule has 3 aliphatic heterocycles. The lowest BCUT2D eigenvalue weighted by atomic mass is 10.0. The Labute approximate surface area is 149 Å². The lowest BCUT2D eigenvalue weighted by Gasteiger charge is -2.23. The van der Waals surface area contributed by atoms with E-state index < -0.39 is 0 Å². The molecule has 4 rings (SSSR count). The van der Waals surface area contributed by atoms with E-state index in [0.717, 1.165) is 50.6 Å². The predicted octanol–water partition coefficient (Wildman–Crippen LogP) is 1.82. The predicted molar refractivity (Wildman–Crippen MR) is 95.9 cm³/mol. The molecule has 5 nitrogen and oxygen atoms in total. The molecule has 4 heterocycles. The minimum atomic E-state index is 0. The van der Waals surface area contributed by atoms with Crippen LogP contribution in [-0.4, -0.2) is 55.1 Å². The molecule has 0 aliphatic carbocycles. The maximum atomic E-state index is 12.9. The van der Waals surface area contributed by atoms with Gasteiger partial charge in [-0.2, -0.15) is 0 Å². The van der Waals surface area contributed by atoms with E-state index in [1.54, 1.807) is 6.20 Å². The standard InChI is InChI=1S/C16H22N4O.2ClH/c21-16(20-10-12-8-17-9-13(12)11-20)14-4-3-5-18-15(14)19-6-1-2-7-19;;/h3-5,12-13,17H,1-2,6-11H2;2*1H/t12-,13+;;. The van der Waals surface area contributed by atoms with Gasteiger partial charge in [0.25, 0.3) is 5.91 Å². The first-order valence-electron chi connectivity index (χ1n) is 8.03. The van der Waals surface area contributed by atoms with Crippen LogP contribution in [0.4, 0.5) is 5.82 Å². The zero-order valence-electron chi connectivity index (χ0n) is 13.1. The number of halogens is 2. The Balaban J connectivity index is 0.000000960. The third-order valence-electron chi connectivity index (χ3n) is 5.10. The maximum Gasteiger partial charge on any atom is 0.257 e. The van der Waals surface area contributed by atoms with Crippen LogP contribution in [0.2, 0.25) is 0 Å². The highest BCUT2D eigenvalue weighted by Gasteiger charge is 2.39. The summed E-state index contributed by atoms with van der Waals surface area (Å²) in [6.07, 6.45) is 4.19. The Morgan fingerprint density at radius 2 is 1.78 bits per heavy atom. The number of nitrogens with one attached hydrogen (secondary N) is 1. The summed E-state index contributed by atoms with van der Waals surface area (Å²) in [5.74, 6) is 2.33. The van der Waals surface area contributed by atoms with Crippen molar-refractivity contribution < 1.29 is 4.79 Å². The number of hydrogen-bond donors (Lipinski definition) is 1. The van der Waals surface area contributed by atoms with Crippen LogP contribution < -0.4 is 10.2 Å². The Morgan fingerprint density at radius 1 is 1.13 bits per heavy atom. The molecule has 2 atom stereocenters. The molecule has 1 aromatic rings. The summed E-state index contributed by atoms with van der Waals surface area (Å²) < 4.78 is 0. The summed E-state index contributed by atoms with van der Waals surface area (Å²) in [6, 6.07) is 3.82. The summed E-state index contributed by atoms with van der Waals surface area (Å²) in [5.41, 5.74) is 0.785.